The van der Waals surface area contributed by atoms with E-state index in [1.807, 2.05) is 25.1 Å². The summed E-state index contributed by atoms with van der Waals surface area (Å²) < 4.78 is 1.50. The number of anilines is 1. The lowest BCUT2D eigenvalue weighted by Gasteiger charge is -2.38. The molecule has 0 spiro atoms. The lowest BCUT2D eigenvalue weighted by atomic mass is 9.76. The van der Waals surface area contributed by atoms with Crippen molar-refractivity contribution < 1.29 is 9.90 Å². The Morgan fingerprint density at radius 2 is 2.29 bits per heavy atom. The molecule has 1 amide bonds. The van der Waals surface area contributed by atoms with Crippen LogP contribution >= 0.6 is 0 Å². The molecule has 1 aliphatic carbocycles. The second-order valence-corrected chi connectivity index (χ2v) is 6.45. The summed E-state index contributed by atoms with van der Waals surface area (Å²) in [4.78, 5) is 16.7. The predicted molar refractivity (Wildman–Crippen MR) is 90.0 cm³/mol. The van der Waals surface area contributed by atoms with Gasteiger partial charge in [-0.15, -0.1) is 0 Å². The quantitative estimate of drug-likeness (QED) is 0.722. The topological polar surface area (TPSA) is 106 Å². The van der Waals surface area contributed by atoms with E-state index in [1.54, 1.807) is 12.3 Å². The van der Waals surface area contributed by atoms with E-state index in [-0.39, 0.29) is 30.5 Å². The summed E-state index contributed by atoms with van der Waals surface area (Å²) in [6, 6.07) is 7.44. The van der Waals surface area contributed by atoms with E-state index in [9.17, 15) is 9.90 Å². The molecule has 0 saturated heterocycles. The molecule has 3 rings (SSSR count). The number of nitrogen functional groups attached to an aromatic ring is 1. The van der Waals surface area contributed by atoms with Gasteiger partial charge in [-0.25, -0.2) is 4.68 Å². The maximum Gasteiger partial charge on any atom is 0.242 e. The molecule has 0 unspecified atom stereocenters. The lowest BCUT2D eigenvalue weighted by Crippen LogP contribution is -2.49. The summed E-state index contributed by atoms with van der Waals surface area (Å²) in [5, 5.41) is 16.9. The highest BCUT2D eigenvalue weighted by molar-refractivity contribution is 5.76. The van der Waals surface area contributed by atoms with Gasteiger partial charge < -0.3 is 16.2 Å². The predicted octanol–water partition coefficient (Wildman–Crippen LogP) is 0.667. The first-order valence-electron chi connectivity index (χ1n) is 8.18. The SMILES string of the molecule is Cc1cc(N)n(CC(=O)N[C@@H](Cc2ccccn2)C2CC(O)C2)n1. The summed E-state index contributed by atoms with van der Waals surface area (Å²) in [6.07, 6.45) is 3.55. The van der Waals surface area contributed by atoms with Gasteiger partial charge in [0.25, 0.3) is 0 Å². The van der Waals surface area contributed by atoms with Crippen LogP contribution in [0.25, 0.3) is 0 Å². The number of hydrogen-bond donors (Lipinski definition) is 3. The minimum absolute atomic E-state index is 0.0475. The highest BCUT2D eigenvalue weighted by Gasteiger charge is 2.35. The van der Waals surface area contributed by atoms with Crippen molar-refractivity contribution in [1.82, 2.24) is 20.1 Å². The molecule has 1 aliphatic rings. The number of nitrogens with one attached hydrogen (secondary N) is 1. The van der Waals surface area contributed by atoms with E-state index in [4.69, 9.17) is 5.73 Å². The van der Waals surface area contributed by atoms with Gasteiger partial charge in [0.1, 0.15) is 12.4 Å². The van der Waals surface area contributed by atoms with Crippen molar-refractivity contribution in [3.8, 4) is 0 Å². The smallest absolute Gasteiger partial charge is 0.242 e. The maximum absolute atomic E-state index is 12.4. The van der Waals surface area contributed by atoms with E-state index in [0.717, 1.165) is 11.4 Å². The molecule has 0 bridgehead atoms. The molecular weight excluding hydrogens is 306 g/mol. The Kier molecular flexibility index (Phi) is 4.80. The normalized spacial score (nSPS) is 21.1. The number of amides is 1. The summed E-state index contributed by atoms with van der Waals surface area (Å²) in [5.74, 6) is 0.609. The molecule has 0 aliphatic heterocycles. The average Bonchev–Trinajstić information content (AvgIpc) is 2.82. The van der Waals surface area contributed by atoms with E-state index >= 15 is 0 Å². The first-order valence-corrected chi connectivity index (χ1v) is 8.18. The Hall–Kier alpha value is -2.41. The van der Waals surface area contributed by atoms with Gasteiger partial charge in [0, 0.05) is 30.4 Å². The Morgan fingerprint density at radius 1 is 1.50 bits per heavy atom. The van der Waals surface area contributed by atoms with Gasteiger partial charge in [0.15, 0.2) is 0 Å². The van der Waals surface area contributed by atoms with Gasteiger partial charge in [-0.2, -0.15) is 5.10 Å². The number of carbonyl (C=O) groups is 1. The molecule has 2 aromatic rings. The van der Waals surface area contributed by atoms with Crippen LogP contribution in [0.5, 0.6) is 0 Å². The van der Waals surface area contributed by atoms with Crippen molar-refractivity contribution in [1.29, 1.82) is 0 Å². The minimum Gasteiger partial charge on any atom is -0.393 e. The number of nitrogens with zero attached hydrogens (tertiary/aromatic N) is 3. The molecule has 0 radical (unpaired) electrons. The second-order valence-electron chi connectivity index (χ2n) is 6.45. The van der Waals surface area contributed by atoms with Crippen LogP contribution in [-0.4, -0.2) is 37.9 Å². The third-order valence-corrected chi connectivity index (χ3v) is 4.45. The van der Waals surface area contributed by atoms with Gasteiger partial charge >= 0.3 is 0 Å². The van der Waals surface area contributed by atoms with Crippen LogP contribution in [0.1, 0.15) is 24.2 Å². The molecule has 1 saturated carbocycles. The first kappa shape index (κ1) is 16.4. The fourth-order valence-corrected chi connectivity index (χ4v) is 3.12. The van der Waals surface area contributed by atoms with Crippen LogP contribution in [0.2, 0.25) is 0 Å². The largest absolute Gasteiger partial charge is 0.393 e. The highest BCUT2D eigenvalue weighted by atomic mass is 16.3. The average molecular weight is 329 g/mol. The number of rotatable bonds is 6. The molecule has 128 valence electrons. The lowest BCUT2D eigenvalue weighted by molar-refractivity contribution is -0.123. The number of aromatic nitrogens is 3. The van der Waals surface area contributed by atoms with Gasteiger partial charge in [-0.1, -0.05) is 6.07 Å². The van der Waals surface area contributed by atoms with Gasteiger partial charge in [0.05, 0.1) is 11.8 Å². The number of nitrogens with two attached hydrogens (primary N) is 1. The van der Waals surface area contributed by atoms with E-state index in [0.29, 0.717) is 25.1 Å². The van der Waals surface area contributed by atoms with Crippen LogP contribution in [0, 0.1) is 12.8 Å². The summed E-state index contributed by atoms with van der Waals surface area (Å²) >= 11 is 0. The summed E-state index contributed by atoms with van der Waals surface area (Å²) in [6.45, 7) is 1.93. The van der Waals surface area contributed by atoms with Crippen LogP contribution in [0.3, 0.4) is 0 Å². The molecular formula is C17H23N5O2. The van der Waals surface area contributed by atoms with Crippen LogP contribution in [0.15, 0.2) is 30.5 Å². The van der Waals surface area contributed by atoms with Crippen molar-refractivity contribution in [2.75, 3.05) is 5.73 Å². The number of hydrogen-bond acceptors (Lipinski definition) is 5. The van der Waals surface area contributed by atoms with Crippen molar-refractivity contribution in [3.63, 3.8) is 0 Å². The fraction of sp³-hybridized carbons (Fsp3) is 0.471. The zero-order valence-electron chi connectivity index (χ0n) is 13.7. The van der Waals surface area contributed by atoms with Crippen molar-refractivity contribution in [3.05, 3.63) is 41.9 Å². The van der Waals surface area contributed by atoms with Gasteiger partial charge in [-0.05, 0) is 37.8 Å². The Balaban J connectivity index is 1.64. The number of aliphatic hydroxyl groups is 1. The van der Waals surface area contributed by atoms with Crippen molar-refractivity contribution in [2.45, 2.75) is 44.9 Å². The van der Waals surface area contributed by atoms with Crippen LogP contribution in [-0.2, 0) is 17.8 Å². The molecule has 7 heteroatoms. The highest BCUT2D eigenvalue weighted by Crippen LogP contribution is 2.31. The minimum atomic E-state index is -0.262. The Labute approximate surface area is 140 Å². The summed E-state index contributed by atoms with van der Waals surface area (Å²) in [7, 11) is 0. The molecule has 1 atom stereocenters. The second kappa shape index (κ2) is 7.00. The number of aliphatic hydroxyl groups excluding tert-OH is 1. The Bertz CT molecular complexity index is 694. The molecule has 1 fully saturated rings. The zero-order valence-corrected chi connectivity index (χ0v) is 13.7. The number of carbonyl (C=O) groups excluding carboxylic acids is 1. The van der Waals surface area contributed by atoms with E-state index in [1.165, 1.54) is 4.68 Å². The van der Waals surface area contributed by atoms with E-state index < -0.39 is 0 Å². The summed E-state index contributed by atoms with van der Waals surface area (Å²) in [5.41, 5.74) is 7.55. The van der Waals surface area contributed by atoms with Gasteiger partial charge in [0.2, 0.25) is 5.91 Å². The fourth-order valence-electron chi connectivity index (χ4n) is 3.12. The monoisotopic (exact) mass is 329 g/mol. The molecule has 24 heavy (non-hydrogen) atoms. The maximum atomic E-state index is 12.4. The molecule has 4 N–H and O–H groups in total. The van der Waals surface area contributed by atoms with Crippen molar-refractivity contribution >= 4 is 11.7 Å². The molecule has 2 heterocycles. The number of aryl methyl sites for hydroxylation is 1. The Morgan fingerprint density at radius 3 is 2.88 bits per heavy atom. The van der Waals surface area contributed by atoms with Gasteiger partial charge in [-0.3, -0.25) is 9.78 Å². The van der Waals surface area contributed by atoms with E-state index in [2.05, 4.69) is 15.4 Å². The van der Waals surface area contributed by atoms with Crippen LogP contribution in [0.4, 0.5) is 5.82 Å². The zero-order chi connectivity index (χ0) is 17.1. The molecule has 2 aromatic heterocycles. The first-order chi connectivity index (χ1) is 11.5. The van der Waals surface area contributed by atoms with Crippen LogP contribution < -0.4 is 11.1 Å². The van der Waals surface area contributed by atoms with Crippen molar-refractivity contribution in [2.24, 2.45) is 5.92 Å². The third-order valence-electron chi connectivity index (χ3n) is 4.45. The number of pyridine rings is 1. The molecule has 7 nitrogen and oxygen atoms in total. The standard InChI is InChI=1S/C17H23N5O2/c1-11-6-16(18)22(21-11)10-17(24)20-15(12-7-14(23)8-12)9-13-4-2-3-5-19-13/h2-6,12,14-15,23H,7-10,18H2,1H3,(H,20,24)/t12?,14?,15-/m0/s1. The molecule has 0 aromatic carbocycles. The third kappa shape index (κ3) is 3.91.